The van der Waals surface area contributed by atoms with Crippen molar-refractivity contribution in [1.82, 2.24) is 14.3 Å². The number of rotatable bonds is 6. The molecule has 166 valence electrons. The van der Waals surface area contributed by atoms with Gasteiger partial charge in [0.2, 0.25) is 10.0 Å². The number of carbonyl (C=O) groups is 1. The molecule has 2 aromatic rings. The number of benzene rings is 1. The molecule has 0 saturated carbocycles. The summed E-state index contributed by atoms with van der Waals surface area (Å²) in [5.41, 5.74) is 5.41. The third-order valence-electron chi connectivity index (χ3n) is 5.71. The molecule has 0 aliphatic carbocycles. The molecule has 2 N–H and O–H groups in total. The number of nitrogens with zero attached hydrogens (tertiary/aromatic N) is 5. The summed E-state index contributed by atoms with van der Waals surface area (Å²) in [4.78, 5) is 24.8. The second kappa shape index (κ2) is 8.67. The lowest BCUT2D eigenvalue weighted by molar-refractivity contribution is 0.0997. The van der Waals surface area contributed by atoms with Crippen LogP contribution in [0.4, 0.5) is 11.6 Å². The lowest BCUT2D eigenvalue weighted by Gasteiger charge is -2.35. The molecule has 31 heavy (non-hydrogen) atoms. The van der Waals surface area contributed by atoms with Crippen LogP contribution in [-0.2, 0) is 10.0 Å². The molecular weight excluding hydrogens is 420 g/mol. The molecule has 1 aromatic carbocycles. The predicted molar refractivity (Wildman–Crippen MR) is 116 cm³/mol. The Labute approximate surface area is 181 Å². The highest BCUT2D eigenvalue weighted by Gasteiger charge is 2.30. The average molecular weight is 447 g/mol. The van der Waals surface area contributed by atoms with E-state index in [4.69, 9.17) is 10.5 Å². The van der Waals surface area contributed by atoms with Gasteiger partial charge in [-0.1, -0.05) is 0 Å². The Kier molecular flexibility index (Phi) is 5.96. The van der Waals surface area contributed by atoms with E-state index in [1.165, 1.54) is 42.5 Å². The van der Waals surface area contributed by atoms with Crippen LogP contribution in [0.2, 0.25) is 0 Å². The number of primary amides is 1. The van der Waals surface area contributed by atoms with Gasteiger partial charge < -0.3 is 20.3 Å². The molecule has 2 aliphatic rings. The molecule has 4 rings (SSSR count). The van der Waals surface area contributed by atoms with E-state index in [1.807, 2.05) is 6.07 Å². The fourth-order valence-electron chi connectivity index (χ4n) is 3.98. The molecule has 0 atom stereocenters. The number of hydrogen-bond donors (Lipinski definition) is 1. The summed E-state index contributed by atoms with van der Waals surface area (Å²) in [7, 11) is -2.37. The van der Waals surface area contributed by atoms with Crippen molar-refractivity contribution in [2.24, 2.45) is 5.73 Å². The Morgan fingerprint density at radius 1 is 0.968 bits per heavy atom. The minimum Gasteiger partial charge on any atom is -0.496 e. The topological polar surface area (TPSA) is 122 Å². The van der Waals surface area contributed by atoms with Gasteiger partial charge >= 0.3 is 0 Å². The van der Waals surface area contributed by atoms with Crippen molar-refractivity contribution in [1.29, 1.82) is 0 Å². The van der Waals surface area contributed by atoms with E-state index in [0.29, 0.717) is 26.2 Å². The zero-order valence-corrected chi connectivity index (χ0v) is 18.2. The molecule has 11 heteroatoms. The molecule has 1 aromatic heterocycles. The minimum absolute atomic E-state index is 0.0221. The van der Waals surface area contributed by atoms with Gasteiger partial charge in [0.1, 0.15) is 23.7 Å². The van der Waals surface area contributed by atoms with E-state index < -0.39 is 15.9 Å². The number of piperazine rings is 1. The molecule has 2 fully saturated rings. The number of ether oxygens (including phenoxy) is 1. The maximum absolute atomic E-state index is 13.1. The Balaban J connectivity index is 1.48. The van der Waals surface area contributed by atoms with Crippen molar-refractivity contribution >= 4 is 27.6 Å². The van der Waals surface area contributed by atoms with Crippen LogP contribution in [0, 0.1) is 0 Å². The first-order chi connectivity index (χ1) is 14.9. The smallest absolute Gasteiger partial charge is 0.252 e. The Hall–Kier alpha value is -2.92. The number of hydrogen-bond acceptors (Lipinski definition) is 8. The molecule has 10 nitrogen and oxygen atoms in total. The van der Waals surface area contributed by atoms with Crippen LogP contribution in [0.15, 0.2) is 35.5 Å². The highest BCUT2D eigenvalue weighted by atomic mass is 32.2. The van der Waals surface area contributed by atoms with Crippen LogP contribution in [0.3, 0.4) is 0 Å². The summed E-state index contributed by atoms with van der Waals surface area (Å²) in [6.07, 6.45) is 3.90. The van der Waals surface area contributed by atoms with Crippen LogP contribution in [0.25, 0.3) is 0 Å². The van der Waals surface area contributed by atoms with Gasteiger partial charge in [0, 0.05) is 45.3 Å². The Bertz CT molecular complexity index is 1060. The van der Waals surface area contributed by atoms with E-state index in [0.717, 1.165) is 24.7 Å². The lowest BCUT2D eigenvalue weighted by atomic mass is 10.2. The van der Waals surface area contributed by atoms with Gasteiger partial charge in [-0.25, -0.2) is 18.4 Å². The van der Waals surface area contributed by atoms with E-state index in [-0.39, 0.29) is 16.2 Å². The number of anilines is 2. The fraction of sp³-hybridized carbons (Fsp3) is 0.450. The van der Waals surface area contributed by atoms with Crippen molar-refractivity contribution in [3.05, 3.63) is 36.2 Å². The highest BCUT2D eigenvalue weighted by Crippen LogP contribution is 2.26. The van der Waals surface area contributed by atoms with Gasteiger partial charge in [-0.2, -0.15) is 4.31 Å². The first-order valence-electron chi connectivity index (χ1n) is 10.2. The largest absolute Gasteiger partial charge is 0.496 e. The SMILES string of the molecule is COc1ccc(S(=O)(=O)N2CCN(c3cc(N4CCCC4)ncn3)CC2)cc1C(N)=O. The number of methoxy groups -OCH3 is 1. The predicted octanol–water partition coefficient (Wildman–Crippen LogP) is 0.695. The van der Waals surface area contributed by atoms with Gasteiger partial charge in [-0.05, 0) is 31.0 Å². The molecule has 0 bridgehead atoms. The van der Waals surface area contributed by atoms with E-state index in [2.05, 4.69) is 19.8 Å². The number of amides is 1. The number of sulfonamides is 1. The van der Waals surface area contributed by atoms with Crippen molar-refractivity contribution in [3.63, 3.8) is 0 Å². The summed E-state index contributed by atoms with van der Waals surface area (Å²) in [5, 5.41) is 0. The van der Waals surface area contributed by atoms with Crippen LogP contribution in [-0.4, -0.2) is 75.0 Å². The van der Waals surface area contributed by atoms with Gasteiger partial charge in [-0.3, -0.25) is 4.79 Å². The second-order valence-corrected chi connectivity index (χ2v) is 9.48. The van der Waals surface area contributed by atoms with Crippen LogP contribution >= 0.6 is 0 Å². The molecule has 0 spiro atoms. The Morgan fingerprint density at radius 3 is 2.16 bits per heavy atom. The van der Waals surface area contributed by atoms with Gasteiger partial charge in [0.05, 0.1) is 17.6 Å². The summed E-state index contributed by atoms with van der Waals surface area (Å²) in [6, 6.07) is 6.12. The van der Waals surface area contributed by atoms with Gasteiger partial charge in [-0.15, -0.1) is 0 Å². The fourth-order valence-corrected chi connectivity index (χ4v) is 5.42. The summed E-state index contributed by atoms with van der Waals surface area (Å²) in [6.45, 7) is 3.63. The van der Waals surface area contributed by atoms with Crippen molar-refractivity contribution in [3.8, 4) is 5.75 Å². The van der Waals surface area contributed by atoms with Crippen molar-refractivity contribution in [2.75, 3.05) is 56.2 Å². The summed E-state index contributed by atoms with van der Waals surface area (Å²) >= 11 is 0. The standard InChI is InChI=1S/C20H26N6O4S/c1-30-17-5-4-15(12-16(17)20(21)27)31(28,29)26-10-8-25(9-11-26)19-13-18(22-14-23-19)24-6-2-3-7-24/h4-5,12-14H,2-3,6-11H2,1H3,(H2,21,27). The Morgan fingerprint density at radius 2 is 1.58 bits per heavy atom. The molecule has 3 heterocycles. The molecule has 1 amide bonds. The van der Waals surface area contributed by atoms with Crippen LogP contribution in [0.5, 0.6) is 5.75 Å². The minimum atomic E-state index is -3.77. The first kappa shape index (κ1) is 21.3. The maximum Gasteiger partial charge on any atom is 0.252 e. The normalized spacial score (nSPS) is 17.7. The average Bonchev–Trinajstić information content (AvgIpc) is 3.34. The number of aromatic nitrogens is 2. The zero-order chi connectivity index (χ0) is 22.0. The van der Waals surface area contributed by atoms with Gasteiger partial charge in [0.25, 0.3) is 5.91 Å². The lowest BCUT2D eigenvalue weighted by Crippen LogP contribution is -2.49. The second-order valence-electron chi connectivity index (χ2n) is 7.55. The first-order valence-corrected chi connectivity index (χ1v) is 11.6. The van der Waals surface area contributed by atoms with E-state index >= 15 is 0 Å². The third kappa shape index (κ3) is 4.28. The molecular formula is C20H26N6O4S. The number of nitrogens with two attached hydrogens (primary N) is 1. The van der Waals surface area contributed by atoms with E-state index in [1.54, 1.807) is 6.33 Å². The quantitative estimate of drug-likeness (QED) is 0.688. The number of carbonyl (C=O) groups excluding carboxylic acids is 1. The van der Waals surface area contributed by atoms with Gasteiger partial charge in [0.15, 0.2) is 0 Å². The van der Waals surface area contributed by atoms with Crippen molar-refractivity contribution in [2.45, 2.75) is 17.7 Å². The molecule has 0 radical (unpaired) electrons. The summed E-state index contributed by atoms with van der Waals surface area (Å²) in [5.74, 6) is 1.22. The third-order valence-corrected chi connectivity index (χ3v) is 7.60. The zero-order valence-electron chi connectivity index (χ0n) is 17.4. The summed E-state index contributed by atoms with van der Waals surface area (Å²) < 4.78 is 32.7. The van der Waals surface area contributed by atoms with E-state index in [9.17, 15) is 13.2 Å². The molecule has 0 unspecified atom stereocenters. The highest BCUT2D eigenvalue weighted by molar-refractivity contribution is 7.89. The van der Waals surface area contributed by atoms with Crippen molar-refractivity contribution < 1.29 is 17.9 Å². The molecule has 2 saturated heterocycles. The monoisotopic (exact) mass is 446 g/mol. The maximum atomic E-state index is 13.1. The van der Waals surface area contributed by atoms with Crippen LogP contribution in [0.1, 0.15) is 23.2 Å². The molecule has 2 aliphatic heterocycles. The van der Waals surface area contributed by atoms with Crippen LogP contribution < -0.4 is 20.3 Å².